The summed E-state index contributed by atoms with van der Waals surface area (Å²) in [5.41, 5.74) is 3.62. The van der Waals surface area contributed by atoms with Crippen molar-refractivity contribution in [2.45, 2.75) is 13.0 Å². The fourth-order valence-corrected chi connectivity index (χ4v) is 3.66. The second-order valence-electron chi connectivity index (χ2n) is 6.25. The van der Waals surface area contributed by atoms with E-state index < -0.39 is 6.04 Å². The molecule has 2 aliphatic heterocycles. The third-order valence-corrected chi connectivity index (χ3v) is 4.75. The molecule has 6 nitrogen and oxygen atoms in total. The molecule has 2 N–H and O–H groups in total. The van der Waals surface area contributed by atoms with Crippen molar-refractivity contribution in [2.75, 3.05) is 23.9 Å². The summed E-state index contributed by atoms with van der Waals surface area (Å²) < 4.78 is 5.53. The highest BCUT2D eigenvalue weighted by Crippen LogP contribution is 2.44. The molecule has 1 unspecified atom stereocenters. The Morgan fingerprint density at radius 3 is 2.65 bits per heavy atom. The van der Waals surface area contributed by atoms with Crippen molar-refractivity contribution in [1.82, 2.24) is 5.32 Å². The van der Waals surface area contributed by atoms with Crippen LogP contribution in [0.5, 0.6) is 5.75 Å². The minimum atomic E-state index is -0.572. The van der Waals surface area contributed by atoms with E-state index in [0.29, 0.717) is 17.9 Å². The summed E-state index contributed by atoms with van der Waals surface area (Å²) >= 11 is 0. The van der Waals surface area contributed by atoms with Gasteiger partial charge in [-0.3, -0.25) is 14.5 Å². The Morgan fingerprint density at radius 2 is 1.88 bits per heavy atom. The van der Waals surface area contributed by atoms with Crippen molar-refractivity contribution in [3.8, 4) is 5.75 Å². The van der Waals surface area contributed by atoms with Crippen LogP contribution in [0.3, 0.4) is 0 Å². The summed E-state index contributed by atoms with van der Waals surface area (Å²) in [4.78, 5) is 27.0. The number of methoxy groups -OCH3 is 1. The lowest BCUT2D eigenvalue weighted by Gasteiger charge is -2.32. The lowest BCUT2D eigenvalue weighted by molar-refractivity contribution is -0.117. The maximum atomic E-state index is 12.7. The molecule has 1 atom stereocenters. The normalized spacial score (nSPS) is 18.5. The first-order valence-corrected chi connectivity index (χ1v) is 8.42. The van der Waals surface area contributed by atoms with E-state index >= 15 is 0 Å². The number of nitrogens with zero attached hydrogens (tertiary/aromatic N) is 1. The number of anilines is 2. The molecule has 0 aromatic heterocycles. The minimum Gasteiger partial charge on any atom is -0.496 e. The predicted octanol–water partition coefficient (Wildman–Crippen LogP) is 2.60. The molecule has 6 heteroatoms. The van der Waals surface area contributed by atoms with Crippen LogP contribution in [0.2, 0.25) is 0 Å². The molecular weight excluding hydrogens is 330 g/mol. The lowest BCUT2D eigenvalue weighted by Crippen LogP contribution is -2.36. The van der Waals surface area contributed by atoms with E-state index in [4.69, 9.17) is 4.74 Å². The minimum absolute atomic E-state index is 0.149. The molecule has 2 aromatic carbocycles. The average molecular weight is 349 g/mol. The zero-order valence-corrected chi connectivity index (χ0v) is 14.6. The predicted molar refractivity (Wildman–Crippen MR) is 99.0 cm³/mol. The Hall–Kier alpha value is -3.28. The van der Waals surface area contributed by atoms with E-state index in [-0.39, 0.29) is 11.8 Å². The highest BCUT2D eigenvalue weighted by atomic mass is 16.5. The van der Waals surface area contributed by atoms with Crippen molar-refractivity contribution >= 4 is 23.2 Å². The first-order chi connectivity index (χ1) is 12.6. The van der Waals surface area contributed by atoms with Crippen LogP contribution >= 0.6 is 0 Å². The SMILES string of the molecule is COc1ccccc1C1C2=C(CNC2=O)Nc2ccccc2N1C(C)=O. The van der Waals surface area contributed by atoms with Gasteiger partial charge in [0.2, 0.25) is 5.91 Å². The number of fused-ring (bicyclic) bond motifs is 1. The molecule has 4 rings (SSSR count). The van der Waals surface area contributed by atoms with Crippen molar-refractivity contribution < 1.29 is 14.3 Å². The maximum Gasteiger partial charge on any atom is 0.251 e. The van der Waals surface area contributed by atoms with Crippen LogP contribution in [-0.4, -0.2) is 25.5 Å². The summed E-state index contributed by atoms with van der Waals surface area (Å²) in [7, 11) is 1.59. The van der Waals surface area contributed by atoms with Gasteiger partial charge < -0.3 is 15.4 Å². The molecule has 0 spiro atoms. The van der Waals surface area contributed by atoms with Gasteiger partial charge in [0.15, 0.2) is 0 Å². The van der Waals surface area contributed by atoms with Crippen LogP contribution in [0.15, 0.2) is 59.8 Å². The highest BCUT2D eigenvalue weighted by molar-refractivity contribution is 6.06. The van der Waals surface area contributed by atoms with Crippen LogP contribution in [0.1, 0.15) is 18.5 Å². The standard InChI is InChI=1S/C20H19N3O3/c1-12(24)23-16-9-5-4-8-14(16)22-15-11-21-20(25)18(15)19(23)13-7-3-6-10-17(13)26-2/h3-10,19,22H,11H2,1-2H3,(H,21,25). The van der Waals surface area contributed by atoms with E-state index in [1.165, 1.54) is 6.92 Å². The van der Waals surface area contributed by atoms with Gasteiger partial charge in [0, 0.05) is 18.2 Å². The van der Waals surface area contributed by atoms with Crippen LogP contribution in [0.4, 0.5) is 11.4 Å². The quantitative estimate of drug-likeness (QED) is 0.874. The maximum absolute atomic E-state index is 12.7. The van der Waals surface area contributed by atoms with Gasteiger partial charge in [-0.1, -0.05) is 30.3 Å². The highest BCUT2D eigenvalue weighted by Gasteiger charge is 2.40. The molecule has 0 aliphatic carbocycles. The summed E-state index contributed by atoms with van der Waals surface area (Å²) in [5.74, 6) is 0.306. The first-order valence-electron chi connectivity index (χ1n) is 8.42. The molecular formula is C20H19N3O3. The molecule has 26 heavy (non-hydrogen) atoms. The van der Waals surface area contributed by atoms with Gasteiger partial charge in [-0.05, 0) is 18.2 Å². The van der Waals surface area contributed by atoms with Gasteiger partial charge in [0.1, 0.15) is 5.75 Å². The van der Waals surface area contributed by atoms with Crippen molar-refractivity contribution in [2.24, 2.45) is 0 Å². The Balaban J connectivity index is 2.02. The second-order valence-corrected chi connectivity index (χ2v) is 6.25. The lowest BCUT2D eigenvalue weighted by atomic mass is 9.95. The summed E-state index contributed by atoms with van der Waals surface area (Å²) in [6.07, 6.45) is 0. The van der Waals surface area contributed by atoms with Crippen LogP contribution in [0, 0.1) is 0 Å². The smallest absolute Gasteiger partial charge is 0.251 e. The van der Waals surface area contributed by atoms with Gasteiger partial charge in [-0.2, -0.15) is 0 Å². The number of nitrogens with one attached hydrogen (secondary N) is 2. The van der Waals surface area contributed by atoms with E-state index in [1.54, 1.807) is 12.0 Å². The van der Waals surface area contributed by atoms with Crippen molar-refractivity contribution in [3.63, 3.8) is 0 Å². The molecule has 0 saturated heterocycles. The zero-order valence-electron chi connectivity index (χ0n) is 14.6. The van der Waals surface area contributed by atoms with Crippen molar-refractivity contribution in [1.29, 1.82) is 0 Å². The van der Waals surface area contributed by atoms with Gasteiger partial charge in [-0.25, -0.2) is 0 Å². The van der Waals surface area contributed by atoms with E-state index in [0.717, 1.165) is 22.6 Å². The number of carbonyl (C=O) groups is 2. The molecule has 0 bridgehead atoms. The van der Waals surface area contributed by atoms with E-state index in [1.807, 2.05) is 48.5 Å². The number of ether oxygens (including phenoxy) is 1. The molecule has 2 heterocycles. The van der Waals surface area contributed by atoms with E-state index in [9.17, 15) is 9.59 Å². The third kappa shape index (κ3) is 2.42. The van der Waals surface area contributed by atoms with Crippen molar-refractivity contribution in [3.05, 3.63) is 65.4 Å². The molecule has 132 valence electrons. The summed E-state index contributed by atoms with van der Waals surface area (Å²) in [6.45, 7) is 1.91. The van der Waals surface area contributed by atoms with Crippen LogP contribution < -0.4 is 20.3 Å². The number of carbonyl (C=O) groups excluding carboxylic acids is 2. The monoisotopic (exact) mass is 349 g/mol. The summed E-state index contributed by atoms with van der Waals surface area (Å²) in [6, 6.07) is 14.5. The van der Waals surface area contributed by atoms with Gasteiger partial charge in [-0.15, -0.1) is 0 Å². The zero-order chi connectivity index (χ0) is 18.3. The molecule has 0 radical (unpaired) electrons. The fourth-order valence-electron chi connectivity index (χ4n) is 3.66. The number of hydrogen-bond acceptors (Lipinski definition) is 4. The molecule has 2 aliphatic rings. The summed E-state index contributed by atoms with van der Waals surface area (Å²) in [5, 5.41) is 6.20. The van der Waals surface area contributed by atoms with Crippen LogP contribution in [-0.2, 0) is 9.59 Å². The number of amides is 2. The van der Waals surface area contributed by atoms with Gasteiger partial charge in [0.05, 0.1) is 36.6 Å². The largest absolute Gasteiger partial charge is 0.496 e. The number of para-hydroxylation sites is 3. The van der Waals surface area contributed by atoms with Gasteiger partial charge in [0.25, 0.3) is 5.91 Å². The second kappa shape index (κ2) is 6.22. The average Bonchev–Trinajstić information content (AvgIpc) is 2.92. The topological polar surface area (TPSA) is 70.7 Å². The Morgan fingerprint density at radius 1 is 1.15 bits per heavy atom. The third-order valence-electron chi connectivity index (χ3n) is 4.75. The molecule has 0 fully saturated rings. The number of rotatable bonds is 2. The Kier molecular flexibility index (Phi) is 3.88. The molecule has 0 saturated carbocycles. The number of hydrogen-bond donors (Lipinski definition) is 2. The fraction of sp³-hybridized carbons (Fsp3) is 0.200. The molecule has 2 aromatic rings. The Labute approximate surface area is 151 Å². The van der Waals surface area contributed by atoms with Gasteiger partial charge >= 0.3 is 0 Å². The van der Waals surface area contributed by atoms with E-state index in [2.05, 4.69) is 10.6 Å². The van der Waals surface area contributed by atoms with Crippen LogP contribution in [0.25, 0.3) is 0 Å². The first kappa shape index (κ1) is 16.2. The Bertz CT molecular complexity index is 935. The number of benzene rings is 2. The molecule has 2 amide bonds.